The standard InChI is InChI=1S/C25H24N2O4S/c1-4-16(2)27-23(28)22(32-25(27)30)13-19-15-26(21-11-6-5-10-20(19)21)14-17-8-7-9-18(12-17)24(29)31-3/h5-13,15-16H,4,14H2,1-3H3/b22-13+/t16-/m1/s1. The first-order chi connectivity index (χ1) is 15.4. The fourth-order valence-corrected chi connectivity index (χ4v) is 4.74. The summed E-state index contributed by atoms with van der Waals surface area (Å²) in [5, 5.41) is 0.769. The highest BCUT2D eigenvalue weighted by Gasteiger charge is 2.37. The minimum Gasteiger partial charge on any atom is -0.465 e. The van der Waals surface area contributed by atoms with E-state index >= 15 is 0 Å². The molecule has 1 atom stereocenters. The van der Waals surface area contributed by atoms with E-state index in [0.717, 1.165) is 40.2 Å². The van der Waals surface area contributed by atoms with E-state index in [0.29, 0.717) is 17.0 Å². The number of hydrogen-bond donors (Lipinski definition) is 0. The third kappa shape index (κ3) is 4.08. The first-order valence-electron chi connectivity index (χ1n) is 10.4. The van der Waals surface area contributed by atoms with Gasteiger partial charge < -0.3 is 9.30 Å². The van der Waals surface area contributed by atoms with Crippen molar-refractivity contribution in [2.24, 2.45) is 0 Å². The molecule has 2 aromatic carbocycles. The number of methoxy groups -OCH3 is 1. The Morgan fingerprint density at radius 2 is 1.94 bits per heavy atom. The first-order valence-corrected chi connectivity index (χ1v) is 11.3. The lowest BCUT2D eigenvalue weighted by molar-refractivity contribution is -0.124. The van der Waals surface area contributed by atoms with Crippen molar-refractivity contribution >= 4 is 45.9 Å². The zero-order valence-corrected chi connectivity index (χ0v) is 19.0. The molecule has 2 amide bonds. The molecule has 0 spiro atoms. The van der Waals surface area contributed by atoms with Crippen molar-refractivity contribution in [2.75, 3.05) is 7.11 Å². The predicted octanol–water partition coefficient (Wildman–Crippen LogP) is 5.31. The van der Waals surface area contributed by atoms with E-state index in [2.05, 4.69) is 4.57 Å². The summed E-state index contributed by atoms with van der Waals surface area (Å²) in [7, 11) is 1.36. The maximum Gasteiger partial charge on any atom is 0.337 e. The number of hydrogen-bond acceptors (Lipinski definition) is 5. The minimum absolute atomic E-state index is 0.128. The summed E-state index contributed by atoms with van der Waals surface area (Å²) in [5.74, 6) is -0.612. The monoisotopic (exact) mass is 448 g/mol. The van der Waals surface area contributed by atoms with Crippen molar-refractivity contribution in [3.8, 4) is 0 Å². The van der Waals surface area contributed by atoms with Gasteiger partial charge in [0.25, 0.3) is 11.1 Å². The molecule has 0 bridgehead atoms. The van der Waals surface area contributed by atoms with Gasteiger partial charge in [0.1, 0.15) is 0 Å². The Morgan fingerprint density at radius 1 is 1.16 bits per heavy atom. The van der Waals surface area contributed by atoms with E-state index in [1.807, 2.05) is 62.5 Å². The highest BCUT2D eigenvalue weighted by atomic mass is 32.2. The van der Waals surface area contributed by atoms with Crippen LogP contribution < -0.4 is 0 Å². The third-order valence-corrected chi connectivity index (χ3v) is 6.55. The van der Waals surface area contributed by atoms with Crippen LogP contribution in [0, 0.1) is 0 Å². The number of ether oxygens (including phenoxy) is 1. The van der Waals surface area contributed by atoms with Crippen LogP contribution in [0.3, 0.4) is 0 Å². The predicted molar refractivity (Wildman–Crippen MR) is 126 cm³/mol. The lowest BCUT2D eigenvalue weighted by atomic mass is 10.1. The van der Waals surface area contributed by atoms with Crippen molar-refractivity contribution in [3.63, 3.8) is 0 Å². The summed E-state index contributed by atoms with van der Waals surface area (Å²) >= 11 is 0.988. The van der Waals surface area contributed by atoms with Crippen LogP contribution in [0.25, 0.3) is 17.0 Å². The zero-order chi connectivity index (χ0) is 22.8. The third-order valence-electron chi connectivity index (χ3n) is 5.66. The summed E-state index contributed by atoms with van der Waals surface area (Å²) in [4.78, 5) is 38.9. The molecular formula is C25H24N2O4S. The van der Waals surface area contributed by atoms with Crippen LogP contribution in [-0.4, -0.2) is 39.7 Å². The fourth-order valence-electron chi connectivity index (χ4n) is 3.82. The van der Waals surface area contributed by atoms with Gasteiger partial charge in [-0.3, -0.25) is 14.5 Å². The largest absolute Gasteiger partial charge is 0.465 e. The number of nitrogens with zero attached hydrogens (tertiary/aromatic N) is 2. The van der Waals surface area contributed by atoms with E-state index < -0.39 is 0 Å². The summed E-state index contributed by atoms with van der Waals surface area (Å²) in [6, 6.07) is 15.1. The smallest absolute Gasteiger partial charge is 0.337 e. The molecule has 0 unspecified atom stereocenters. The van der Waals surface area contributed by atoms with E-state index in [1.165, 1.54) is 12.0 Å². The van der Waals surface area contributed by atoms with Crippen molar-refractivity contribution in [1.82, 2.24) is 9.47 Å². The van der Waals surface area contributed by atoms with Gasteiger partial charge in [0.2, 0.25) is 0 Å². The lowest BCUT2D eigenvalue weighted by Gasteiger charge is -2.19. The molecule has 6 nitrogen and oxygen atoms in total. The van der Waals surface area contributed by atoms with Gasteiger partial charge in [0.05, 0.1) is 17.6 Å². The van der Waals surface area contributed by atoms with Gasteiger partial charge >= 0.3 is 5.97 Å². The number of thioether (sulfide) groups is 1. The zero-order valence-electron chi connectivity index (χ0n) is 18.2. The Balaban J connectivity index is 1.70. The topological polar surface area (TPSA) is 68.6 Å². The summed E-state index contributed by atoms with van der Waals surface area (Å²) < 4.78 is 6.90. The Labute approximate surface area is 190 Å². The second-order valence-corrected chi connectivity index (χ2v) is 8.72. The van der Waals surface area contributed by atoms with E-state index in [1.54, 1.807) is 12.1 Å². The SMILES string of the molecule is CC[C@@H](C)N1C(=O)S/C(=C/c2cn(Cc3cccc(C(=O)OC)c3)c3ccccc23)C1=O. The van der Waals surface area contributed by atoms with E-state index in [4.69, 9.17) is 4.74 Å². The van der Waals surface area contributed by atoms with Crippen LogP contribution in [0.1, 0.15) is 41.8 Å². The number of rotatable bonds is 6. The second-order valence-electron chi connectivity index (χ2n) is 7.73. The highest BCUT2D eigenvalue weighted by Crippen LogP contribution is 2.35. The average molecular weight is 449 g/mol. The van der Waals surface area contributed by atoms with Crippen LogP contribution in [0.5, 0.6) is 0 Å². The Hall–Kier alpha value is -3.32. The number of imide groups is 1. The van der Waals surface area contributed by atoms with Crippen molar-refractivity contribution < 1.29 is 19.1 Å². The molecule has 1 aromatic heterocycles. The van der Waals surface area contributed by atoms with Crippen LogP contribution in [-0.2, 0) is 16.1 Å². The van der Waals surface area contributed by atoms with Gasteiger partial charge in [0, 0.05) is 35.2 Å². The lowest BCUT2D eigenvalue weighted by Crippen LogP contribution is -2.36. The molecule has 1 aliphatic rings. The Kier molecular flexibility index (Phi) is 6.19. The highest BCUT2D eigenvalue weighted by molar-refractivity contribution is 8.18. The maximum atomic E-state index is 12.8. The number of esters is 1. The van der Waals surface area contributed by atoms with Gasteiger partial charge in [-0.2, -0.15) is 0 Å². The molecule has 164 valence electrons. The Morgan fingerprint density at radius 3 is 2.69 bits per heavy atom. The number of carbonyl (C=O) groups excluding carboxylic acids is 3. The molecule has 3 aromatic rings. The van der Waals surface area contributed by atoms with Crippen LogP contribution in [0.15, 0.2) is 59.6 Å². The number of carbonyl (C=O) groups is 3. The maximum absolute atomic E-state index is 12.8. The van der Waals surface area contributed by atoms with Crippen LogP contribution in [0.2, 0.25) is 0 Å². The van der Waals surface area contributed by atoms with Gasteiger partial charge in [-0.25, -0.2) is 4.79 Å². The quantitative estimate of drug-likeness (QED) is 0.378. The molecule has 1 fully saturated rings. The van der Waals surface area contributed by atoms with E-state index in [-0.39, 0.29) is 23.2 Å². The Bertz CT molecular complexity index is 1240. The molecule has 1 aliphatic heterocycles. The minimum atomic E-state index is -0.373. The van der Waals surface area contributed by atoms with Gasteiger partial charge in [-0.1, -0.05) is 37.3 Å². The average Bonchev–Trinajstić information content (AvgIpc) is 3.29. The molecule has 0 saturated carbocycles. The first kappa shape index (κ1) is 21.9. The summed E-state index contributed by atoms with van der Waals surface area (Å²) in [5.41, 5.74) is 3.33. The number of para-hydroxylation sites is 1. The number of fused-ring (bicyclic) bond motifs is 1. The fraction of sp³-hybridized carbons (Fsp3) is 0.240. The number of aromatic nitrogens is 1. The number of benzene rings is 2. The van der Waals surface area contributed by atoms with Gasteiger partial charge in [-0.15, -0.1) is 0 Å². The molecule has 4 rings (SSSR count). The van der Waals surface area contributed by atoms with Crippen molar-refractivity contribution in [3.05, 3.63) is 76.3 Å². The van der Waals surface area contributed by atoms with Crippen molar-refractivity contribution in [1.29, 1.82) is 0 Å². The van der Waals surface area contributed by atoms with Crippen molar-refractivity contribution in [2.45, 2.75) is 32.9 Å². The van der Waals surface area contributed by atoms with E-state index in [9.17, 15) is 14.4 Å². The normalized spacial score (nSPS) is 16.2. The molecule has 0 aliphatic carbocycles. The van der Waals surface area contributed by atoms with Gasteiger partial charge in [-0.05, 0) is 54.9 Å². The molecular weight excluding hydrogens is 424 g/mol. The van der Waals surface area contributed by atoms with Crippen LogP contribution in [0.4, 0.5) is 4.79 Å². The molecule has 1 saturated heterocycles. The number of amides is 2. The molecule has 0 N–H and O–H groups in total. The van der Waals surface area contributed by atoms with Gasteiger partial charge in [0.15, 0.2) is 0 Å². The molecule has 7 heteroatoms. The molecule has 2 heterocycles. The summed E-state index contributed by atoms with van der Waals surface area (Å²) in [6.07, 6.45) is 4.50. The summed E-state index contributed by atoms with van der Waals surface area (Å²) in [6.45, 7) is 4.39. The second kappa shape index (κ2) is 9.04. The van der Waals surface area contributed by atoms with Crippen LogP contribution >= 0.6 is 11.8 Å². The molecule has 0 radical (unpaired) electrons. The molecule has 32 heavy (non-hydrogen) atoms.